The Balaban J connectivity index is 1.90. The normalized spacial score (nSPS) is 11.7. The van der Waals surface area contributed by atoms with Crippen molar-refractivity contribution in [3.8, 4) is 0 Å². The van der Waals surface area contributed by atoms with Gasteiger partial charge in [-0.25, -0.2) is 0 Å². The number of halogens is 2. The van der Waals surface area contributed by atoms with E-state index in [9.17, 15) is 8.42 Å². The molecule has 0 unspecified atom stereocenters. The first kappa shape index (κ1) is 21.7. The van der Waals surface area contributed by atoms with Gasteiger partial charge in [-0.15, -0.1) is 4.40 Å². The van der Waals surface area contributed by atoms with Gasteiger partial charge >= 0.3 is 0 Å². The van der Waals surface area contributed by atoms with Crippen molar-refractivity contribution in [1.82, 2.24) is 5.32 Å². The molecule has 0 amide bonds. The molecule has 0 saturated carbocycles. The van der Waals surface area contributed by atoms with E-state index in [1.807, 2.05) is 30.3 Å². The Morgan fingerprint density at radius 3 is 2.17 bits per heavy atom. The average molecular weight is 556 g/mol. The van der Waals surface area contributed by atoms with Crippen molar-refractivity contribution in [2.24, 2.45) is 4.40 Å². The third-order valence-electron chi connectivity index (χ3n) is 3.70. The average Bonchev–Trinajstić information content (AvgIpc) is 2.70. The minimum atomic E-state index is -3.97. The molecule has 0 spiro atoms. The maximum Gasteiger partial charge on any atom is 0.284 e. The number of benzene rings is 3. The second-order valence-electron chi connectivity index (χ2n) is 5.82. The molecule has 0 aliphatic heterocycles. The predicted molar refractivity (Wildman–Crippen MR) is 130 cm³/mol. The SMILES string of the molecule is O=S(=O)(N=C(NC(=S)Nc1ccc(I)cc1)c1ccccc1)c1ccc(Cl)cc1. The molecule has 0 fully saturated rings. The molecule has 0 bridgehead atoms. The van der Waals surface area contributed by atoms with Crippen LogP contribution in [0.25, 0.3) is 0 Å². The molecule has 2 N–H and O–H groups in total. The predicted octanol–water partition coefficient (Wildman–Crippen LogP) is 5.07. The number of nitrogens with zero attached hydrogens (tertiary/aromatic N) is 1. The second-order valence-corrected chi connectivity index (χ2v) is 9.52. The lowest BCUT2D eigenvalue weighted by molar-refractivity contribution is 0.598. The van der Waals surface area contributed by atoms with Crippen molar-refractivity contribution in [3.05, 3.63) is 93.0 Å². The maximum absolute atomic E-state index is 12.8. The molecule has 0 atom stereocenters. The van der Waals surface area contributed by atoms with Crippen LogP contribution < -0.4 is 10.6 Å². The van der Waals surface area contributed by atoms with Crippen LogP contribution in [-0.2, 0) is 10.0 Å². The lowest BCUT2D eigenvalue weighted by Crippen LogP contribution is -2.35. The fourth-order valence-corrected chi connectivity index (χ4v) is 4.00. The van der Waals surface area contributed by atoms with Gasteiger partial charge in [0.2, 0.25) is 0 Å². The highest BCUT2D eigenvalue weighted by Gasteiger charge is 2.16. The molecule has 3 aromatic rings. The van der Waals surface area contributed by atoms with Gasteiger partial charge in [-0.1, -0.05) is 41.9 Å². The van der Waals surface area contributed by atoms with Gasteiger partial charge in [0.05, 0.1) is 4.90 Å². The first-order valence-corrected chi connectivity index (χ1v) is 11.6. The van der Waals surface area contributed by atoms with Crippen LogP contribution in [0.5, 0.6) is 0 Å². The minimum Gasteiger partial charge on any atom is -0.332 e. The Morgan fingerprint density at radius 1 is 0.931 bits per heavy atom. The van der Waals surface area contributed by atoms with Crippen LogP contribution >= 0.6 is 46.4 Å². The molecule has 0 heterocycles. The van der Waals surface area contributed by atoms with E-state index < -0.39 is 10.0 Å². The van der Waals surface area contributed by atoms with Crippen LogP contribution in [0.2, 0.25) is 5.02 Å². The van der Waals surface area contributed by atoms with E-state index in [4.69, 9.17) is 23.8 Å². The van der Waals surface area contributed by atoms with E-state index in [0.29, 0.717) is 10.6 Å². The molecule has 0 aliphatic carbocycles. The summed E-state index contributed by atoms with van der Waals surface area (Å²) in [4.78, 5) is 0.0358. The largest absolute Gasteiger partial charge is 0.332 e. The topological polar surface area (TPSA) is 70.6 Å². The lowest BCUT2D eigenvalue weighted by atomic mass is 10.2. The number of hydrogen-bond donors (Lipinski definition) is 2. The molecule has 3 rings (SSSR count). The van der Waals surface area contributed by atoms with Gasteiger partial charge in [0.15, 0.2) is 10.9 Å². The maximum atomic E-state index is 12.8. The lowest BCUT2D eigenvalue weighted by Gasteiger charge is -2.13. The van der Waals surface area contributed by atoms with Crippen molar-refractivity contribution >= 4 is 73.1 Å². The molecule has 0 aliphatic rings. The van der Waals surface area contributed by atoms with Crippen LogP contribution in [0.4, 0.5) is 5.69 Å². The summed E-state index contributed by atoms with van der Waals surface area (Å²) in [6.07, 6.45) is 0. The van der Waals surface area contributed by atoms with Crippen LogP contribution in [0.15, 0.2) is 88.2 Å². The Labute approximate surface area is 193 Å². The smallest absolute Gasteiger partial charge is 0.284 e. The van der Waals surface area contributed by atoms with Crippen LogP contribution in [-0.4, -0.2) is 19.4 Å². The van der Waals surface area contributed by atoms with Gasteiger partial charge in [-0.05, 0) is 83.3 Å². The molecule has 5 nitrogen and oxygen atoms in total. The van der Waals surface area contributed by atoms with Crippen LogP contribution in [0, 0.1) is 3.57 Å². The molecular formula is C20H15ClIN3O2S2. The Bertz CT molecular complexity index is 1130. The van der Waals surface area contributed by atoms with Gasteiger partial charge < -0.3 is 10.6 Å². The minimum absolute atomic E-state index is 0.0358. The molecule has 0 aromatic heterocycles. The molecule has 29 heavy (non-hydrogen) atoms. The van der Waals surface area contributed by atoms with E-state index in [1.54, 1.807) is 24.3 Å². The first-order valence-electron chi connectivity index (χ1n) is 8.33. The van der Waals surface area contributed by atoms with E-state index in [-0.39, 0.29) is 15.8 Å². The number of nitrogens with one attached hydrogen (secondary N) is 2. The second kappa shape index (κ2) is 9.66. The Morgan fingerprint density at radius 2 is 1.55 bits per heavy atom. The summed E-state index contributed by atoms with van der Waals surface area (Å²) >= 11 is 13.4. The number of hydrogen-bond acceptors (Lipinski definition) is 3. The zero-order valence-corrected chi connectivity index (χ0v) is 19.4. The van der Waals surface area contributed by atoms with Crippen molar-refractivity contribution in [3.63, 3.8) is 0 Å². The summed E-state index contributed by atoms with van der Waals surface area (Å²) in [5.41, 5.74) is 1.35. The Hall–Kier alpha value is -2.01. The number of thiocarbonyl (C=S) groups is 1. The van der Waals surface area contributed by atoms with Gasteiger partial charge in [-0.2, -0.15) is 8.42 Å². The van der Waals surface area contributed by atoms with Gasteiger partial charge in [0, 0.05) is 19.8 Å². The number of amidine groups is 1. The molecule has 3 aromatic carbocycles. The first-order chi connectivity index (χ1) is 13.8. The van der Waals surface area contributed by atoms with Crippen LogP contribution in [0.3, 0.4) is 0 Å². The molecule has 0 saturated heterocycles. The number of rotatable bonds is 4. The quantitative estimate of drug-likeness (QED) is 0.204. The fourth-order valence-electron chi connectivity index (χ4n) is 2.33. The number of anilines is 1. The fraction of sp³-hybridized carbons (Fsp3) is 0. The molecule has 0 radical (unpaired) electrons. The van der Waals surface area contributed by atoms with E-state index >= 15 is 0 Å². The number of sulfonamides is 1. The van der Waals surface area contributed by atoms with E-state index in [2.05, 4.69) is 37.6 Å². The van der Waals surface area contributed by atoms with Gasteiger partial charge in [-0.3, -0.25) is 0 Å². The standard InChI is InChI=1S/C20H15ClIN3O2S2/c21-15-6-12-18(13-7-15)29(26,27)25-19(14-4-2-1-3-5-14)24-20(28)23-17-10-8-16(22)9-11-17/h1-13H,(H2,23,24,25,28). The molecular weight excluding hydrogens is 541 g/mol. The van der Waals surface area contributed by atoms with Gasteiger partial charge in [0.1, 0.15) is 0 Å². The summed E-state index contributed by atoms with van der Waals surface area (Å²) in [5, 5.41) is 6.59. The van der Waals surface area contributed by atoms with Crippen molar-refractivity contribution in [2.75, 3.05) is 5.32 Å². The van der Waals surface area contributed by atoms with E-state index in [1.165, 1.54) is 24.3 Å². The summed E-state index contributed by atoms with van der Waals surface area (Å²) < 4.78 is 30.6. The highest BCUT2D eigenvalue weighted by molar-refractivity contribution is 14.1. The summed E-state index contributed by atoms with van der Waals surface area (Å²) in [6, 6.07) is 22.3. The summed E-state index contributed by atoms with van der Waals surface area (Å²) in [5.74, 6) is 0.114. The van der Waals surface area contributed by atoms with Crippen molar-refractivity contribution < 1.29 is 8.42 Å². The monoisotopic (exact) mass is 555 g/mol. The third-order valence-corrected chi connectivity index (χ3v) is 6.17. The zero-order valence-electron chi connectivity index (χ0n) is 14.8. The van der Waals surface area contributed by atoms with Crippen molar-refractivity contribution in [1.29, 1.82) is 0 Å². The molecule has 148 valence electrons. The summed E-state index contributed by atoms with van der Waals surface area (Å²) in [6.45, 7) is 0. The highest BCUT2D eigenvalue weighted by atomic mass is 127. The summed E-state index contributed by atoms with van der Waals surface area (Å²) in [7, 11) is -3.97. The highest BCUT2D eigenvalue weighted by Crippen LogP contribution is 2.17. The van der Waals surface area contributed by atoms with Crippen molar-refractivity contribution in [2.45, 2.75) is 4.90 Å². The zero-order chi connectivity index (χ0) is 20.9. The van der Waals surface area contributed by atoms with Crippen LogP contribution in [0.1, 0.15) is 5.56 Å². The third kappa shape index (κ3) is 6.23. The molecule has 9 heteroatoms. The van der Waals surface area contributed by atoms with E-state index in [0.717, 1.165) is 9.26 Å². The Kier molecular flexibility index (Phi) is 7.23. The van der Waals surface area contributed by atoms with Gasteiger partial charge in [0.25, 0.3) is 10.0 Å².